The van der Waals surface area contributed by atoms with E-state index in [2.05, 4.69) is 6.92 Å². The van der Waals surface area contributed by atoms with Gasteiger partial charge in [0.25, 0.3) is 0 Å². The zero-order valence-corrected chi connectivity index (χ0v) is 13.0. The number of hydrogen-bond donors (Lipinski definition) is 0. The van der Waals surface area contributed by atoms with E-state index in [1.165, 1.54) is 25.7 Å². The van der Waals surface area contributed by atoms with Gasteiger partial charge < -0.3 is 0 Å². The molecule has 1 aliphatic carbocycles. The molecule has 1 aromatic rings. The molecule has 0 amide bonds. The molecule has 0 atom stereocenters. The third-order valence-electron chi connectivity index (χ3n) is 4.88. The average molecular weight is 298 g/mol. The second-order valence-corrected chi connectivity index (χ2v) is 6.43. The van der Waals surface area contributed by atoms with Gasteiger partial charge >= 0.3 is 0 Å². The minimum atomic E-state index is -1.32. The summed E-state index contributed by atoms with van der Waals surface area (Å²) in [6.07, 6.45) is 8.95. The van der Waals surface area contributed by atoms with Crippen molar-refractivity contribution in [2.24, 2.45) is 5.92 Å². The number of aryl methyl sites for hydroxylation is 1. The maximum absolute atomic E-state index is 14.0. The molecule has 0 aliphatic heterocycles. The molecule has 0 heterocycles. The third kappa shape index (κ3) is 3.81. The molecular formula is C18H25F3. The summed E-state index contributed by atoms with van der Waals surface area (Å²) in [5.74, 6) is -2.60. The van der Waals surface area contributed by atoms with E-state index < -0.39 is 17.5 Å². The molecule has 118 valence electrons. The average Bonchev–Trinajstić information content (AvgIpc) is 2.47. The normalized spacial score (nSPS) is 22.5. The van der Waals surface area contributed by atoms with E-state index >= 15 is 0 Å². The first kappa shape index (κ1) is 16.4. The van der Waals surface area contributed by atoms with Crippen LogP contribution in [0, 0.1) is 30.3 Å². The topological polar surface area (TPSA) is 0 Å². The summed E-state index contributed by atoms with van der Waals surface area (Å²) in [6, 6.07) is 1.13. The van der Waals surface area contributed by atoms with Crippen LogP contribution in [0.15, 0.2) is 6.07 Å². The smallest absolute Gasteiger partial charge is 0.194 e. The van der Waals surface area contributed by atoms with E-state index in [0.717, 1.165) is 37.7 Å². The number of benzene rings is 1. The molecule has 1 aliphatic rings. The van der Waals surface area contributed by atoms with Gasteiger partial charge in [0.2, 0.25) is 0 Å². The summed E-state index contributed by atoms with van der Waals surface area (Å²) in [6.45, 7) is 3.87. The number of halogens is 3. The highest BCUT2D eigenvalue weighted by Crippen LogP contribution is 2.40. The van der Waals surface area contributed by atoms with E-state index in [1.807, 2.05) is 0 Å². The lowest BCUT2D eigenvalue weighted by molar-refractivity contribution is 0.296. The van der Waals surface area contributed by atoms with Crippen molar-refractivity contribution in [3.8, 4) is 0 Å². The number of hydrogen-bond acceptors (Lipinski definition) is 0. The minimum Gasteiger partial charge on any atom is -0.204 e. The first-order valence-electron chi connectivity index (χ1n) is 8.18. The van der Waals surface area contributed by atoms with Crippen LogP contribution >= 0.6 is 0 Å². The Balaban J connectivity index is 2.01. The number of rotatable bonds is 5. The molecule has 3 heteroatoms. The van der Waals surface area contributed by atoms with E-state index in [4.69, 9.17) is 0 Å². The Bertz CT molecular complexity index is 474. The maximum Gasteiger partial charge on any atom is 0.194 e. The minimum absolute atomic E-state index is 0.0440. The molecule has 0 N–H and O–H groups in total. The second-order valence-electron chi connectivity index (χ2n) is 6.43. The summed E-state index contributed by atoms with van der Waals surface area (Å²) in [7, 11) is 0. The van der Waals surface area contributed by atoms with Crippen LogP contribution in [0.5, 0.6) is 0 Å². The predicted octanol–water partition coefficient (Wildman–Crippen LogP) is 6.27. The van der Waals surface area contributed by atoms with Crippen molar-refractivity contribution >= 4 is 0 Å². The van der Waals surface area contributed by atoms with Gasteiger partial charge in [-0.05, 0) is 61.6 Å². The molecule has 1 aromatic carbocycles. The predicted molar refractivity (Wildman–Crippen MR) is 79.9 cm³/mol. The Labute approximate surface area is 125 Å². The lowest BCUT2D eigenvalue weighted by atomic mass is 9.76. The van der Waals surface area contributed by atoms with E-state index in [1.54, 1.807) is 6.92 Å². The molecule has 2 rings (SSSR count). The van der Waals surface area contributed by atoms with E-state index in [9.17, 15) is 13.2 Å². The van der Waals surface area contributed by atoms with Gasteiger partial charge in [0.1, 0.15) is 0 Å². The van der Waals surface area contributed by atoms with Crippen LogP contribution in [-0.4, -0.2) is 0 Å². The van der Waals surface area contributed by atoms with Crippen LogP contribution in [0.2, 0.25) is 0 Å². The van der Waals surface area contributed by atoms with Crippen molar-refractivity contribution < 1.29 is 13.2 Å². The quantitative estimate of drug-likeness (QED) is 0.444. The second kappa shape index (κ2) is 7.33. The van der Waals surface area contributed by atoms with Gasteiger partial charge in [-0.15, -0.1) is 0 Å². The van der Waals surface area contributed by atoms with Crippen molar-refractivity contribution in [3.63, 3.8) is 0 Å². The highest BCUT2D eigenvalue weighted by molar-refractivity contribution is 5.32. The van der Waals surface area contributed by atoms with Gasteiger partial charge in [0.15, 0.2) is 17.5 Å². The fourth-order valence-corrected chi connectivity index (χ4v) is 3.65. The van der Waals surface area contributed by atoms with Gasteiger partial charge in [-0.25, -0.2) is 13.2 Å². The van der Waals surface area contributed by atoms with Crippen LogP contribution in [0.25, 0.3) is 0 Å². The summed E-state index contributed by atoms with van der Waals surface area (Å²) in [4.78, 5) is 0. The van der Waals surface area contributed by atoms with Crippen LogP contribution in [0.1, 0.15) is 75.3 Å². The van der Waals surface area contributed by atoms with Crippen LogP contribution in [0.3, 0.4) is 0 Å². The van der Waals surface area contributed by atoms with Gasteiger partial charge in [0.05, 0.1) is 0 Å². The Morgan fingerprint density at radius 2 is 1.67 bits per heavy atom. The van der Waals surface area contributed by atoms with Crippen molar-refractivity contribution in [3.05, 3.63) is 34.6 Å². The molecule has 0 nitrogen and oxygen atoms in total. The van der Waals surface area contributed by atoms with Crippen molar-refractivity contribution in [2.45, 2.75) is 71.1 Å². The van der Waals surface area contributed by atoms with Crippen LogP contribution < -0.4 is 0 Å². The van der Waals surface area contributed by atoms with Crippen molar-refractivity contribution in [1.29, 1.82) is 0 Å². The maximum atomic E-state index is 14.0. The Morgan fingerprint density at radius 3 is 2.29 bits per heavy atom. The van der Waals surface area contributed by atoms with Crippen LogP contribution in [0.4, 0.5) is 13.2 Å². The molecule has 1 saturated carbocycles. The molecule has 0 saturated heterocycles. The zero-order chi connectivity index (χ0) is 15.4. The first-order chi connectivity index (χ1) is 10.0. The Kier molecular flexibility index (Phi) is 5.72. The Hall–Kier alpha value is -0.990. The summed E-state index contributed by atoms with van der Waals surface area (Å²) in [5.41, 5.74) is 0.946. The molecule has 0 bridgehead atoms. The summed E-state index contributed by atoms with van der Waals surface area (Å²) in [5, 5.41) is 0. The third-order valence-corrected chi connectivity index (χ3v) is 4.88. The largest absolute Gasteiger partial charge is 0.204 e. The molecule has 0 radical (unpaired) electrons. The molecule has 0 aromatic heterocycles. The lowest BCUT2D eigenvalue weighted by Crippen LogP contribution is -2.16. The van der Waals surface area contributed by atoms with Crippen molar-refractivity contribution in [1.82, 2.24) is 0 Å². The summed E-state index contributed by atoms with van der Waals surface area (Å²) < 4.78 is 40.7. The fourth-order valence-electron chi connectivity index (χ4n) is 3.65. The molecule has 0 unspecified atom stereocenters. The van der Waals surface area contributed by atoms with Gasteiger partial charge in [0, 0.05) is 0 Å². The zero-order valence-electron chi connectivity index (χ0n) is 13.0. The van der Waals surface area contributed by atoms with Crippen LogP contribution in [-0.2, 0) is 0 Å². The lowest BCUT2D eigenvalue weighted by Gasteiger charge is -2.30. The monoisotopic (exact) mass is 298 g/mol. The number of unbranched alkanes of at least 4 members (excludes halogenated alkanes) is 2. The highest BCUT2D eigenvalue weighted by atomic mass is 19.2. The Morgan fingerprint density at radius 1 is 1.00 bits per heavy atom. The van der Waals surface area contributed by atoms with Gasteiger partial charge in [-0.2, -0.15) is 0 Å². The molecule has 21 heavy (non-hydrogen) atoms. The molecule has 1 fully saturated rings. The van der Waals surface area contributed by atoms with Gasteiger partial charge in [-0.3, -0.25) is 0 Å². The fraction of sp³-hybridized carbons (Fsp3) is 0.667. The summed E-state index contributed by atoms with van der Waals surface area (Å²) >= 11 is 0. The van der Waals surface area contributed by atoms with E-state index in [-0.39, 0.29) is 5.92 Å². The van der Waals surface area contributed by atoms with Crippen molar-refractivity contribution in [2.75, 3.05) is 0 Å². The highest BCUT2D eigenvalue weighted by Gasteiger charge is 2.27. The standard InChI is InChI=1S/C18H25F3/c1-3-4-5-6-13-7-9-14(10-8-13)16-12(2)11-15(19)17(20)18(16)21/h11,13-14H,3-10H2,1-2H3. The first-order valence-corrected chi connectivity index (χ1v) is 8.18. The molecular weight excluding hydrogens is 273 g/mol. The van der Waals surface area contributed by atoms with Gasteiger partial charge in [-0.1, -0.05) is 32.6 Å². The SMILES string of the molecule is CCCCCC1CCC(c2c(C)cc(F)c(F)c2F)CC1. The van der Waals surface area contributed by atoms with E-state index in [0.29, 0.717) is 11.1 Å². The molecule has 0 spiro atoms.